The van der Waals surface area contributed by atoms with Gasteiger partial charge in [-0.3, -0.25) is 14.5 Å². The molecule has 0 spiro atoms. The van der Waals surface area contributed by atoms with E-state index < -0.39 is 0 Å². The summed E-state index contributed by atoms with van der Waals surface area (Å²) in [5.41, 5.74) is 1.16. The zero-order valence-electron chi connectivity index (χ0n) is 18.6. The Labute approximate surface area is 190 Å². The summed E-state index contributed by atoms with van der Waals surface area (Å²) in [7, 11) is 0. The van der Waals surface area contributed by atoms with E-state index in [4.69, 9.17) is 16.3 Å². The Balaban J connectivity index is 1.48. The van der Waals surface area contributed by atoms with Gasteiger partial charge in [-0.1, -0.05) is 23.7 Å². The van der Waals surface area contributed by atoms with Gasteiger partial charge in [0, 0.05) is 55.6 Å². The number of carbonyl (C=O) groups excluding carboxylic acids is 2. The molecular weight excluding hydrogens is 414 g/mol. The first kappa shape index (κ1) is 22.6. The van der Waals surface area contributed by atoms with E-state index in [1.54, 1.807) is 0 Å². The average Bonchev–Trinajstić information content (AvgIpc) is 3.42. The number of fused-ring (bicyclic) bond motifs is 1. The maximum absolute atomic E-state index is 12.8. The van der Waals surface area contributed by atoms with E-state index in [0.29, 0.717) is 19.4 Å². The predicted octanol–water partition coefficient (Wildman–Crippen LogP) is 3.08. The largest absolute Gasteiger partial charge is 0.376 e. The van der Waals surface area contributed by atoms with Gasteiger partial charge in [0.1, 0.15) is 0 Å². The topological polar surface area (TPSA) is 61.9 Å². The number of ether oxygens (including phenoxy) is 1. The lowest BCUT2D eigenvalue weighted by Crippen LogP contribution is -2.37. The Hall–Kier alpha value is -1.63. The maximum Gasteiger partial charge on any atom is 0.225 e. The van der Waals surface area contributed by atoms with Gasteiger partial charge in [-0.05, 0) is 50.3 Å². The van der Waals surface area contributed by atoms with Gasteiger partial charge in [0.15, 0.2) is 0 Å². The van der Waals surface area contributed by atoms with Gasteiger partial charge in [-0.2, -0.15) is 0 Å². The van der Waals surface area contributed by atoms with E-state index in [-0.39, 0.29) is 41.8 Å². The number of hydrogen-bond acceptors (Lipinski definition) is 4. The van der Waals surface area contributed by atoms with Crippen molar-refractivity contribution in [2.75, 3.05) is 26.2 Å². The van der Waals surface area contributed by atoms with Gasteiger partial charge in [0.05, 0.1) is 19.1 Å². The Morgan fingerprint density at radius 2 is 2.00 bits per heavy atom. The summed E-state index contributed by atoms with van der Waals surface area (Å²) >= 11 is 6.19. The van der Waals surface area contributed by atoms with Crippen LogP contribution < -0.4 is 5.32 Å². The fourth-order valence-electron chi connectivity index (χ4n) is 5.55. The summed E-state index contributed by atoms with van der Waals surface area (Å²) in [5.74, 6) is 0.659. The van der Waals surface area contributed by atoms with E-state index >= 15 is 0 Å². The molecule has 3 aliphatic heterocycles. The molecule has 1 N–H and O–H groups in total. The summed E-state index contributed by atoms with van der Waals surface area (Å²) in [6, 6.07) is 8.30. The van der Waals surface area contributed by atoms with Crippen LogP contribution >= 0.6 is 11.6 Å². The molecule has 0 saturated carbocycles. The van der Waals surface area contributed by atoms with Crippen LogP contribution in [-0.2, 0) is 20.9 Å². The molecule has 3 heterocycles. The van der Waals surface area contributed by atoms with Gasteiger partial charge in [0.25, 0.3) is 0 Å². The van der Waals surface area contributed by atoms with Crippen LogP contribution in [0.4, 0.5) is 0 Å². The lowest BCUT2D eigenvalue weighted by Gasteiger charge is -2.25. The molecule has 4 atom stereocenters. The predicted molar refractivity (Wildman–Crippen MR) is 121 cm³/mol. The van der Waals surface area contributed by atoms with Crippen molar-refractivity contribution < 1.29 is 14.3 Å². The number of amides is 2. The van der Waals surface area contributed by atoms with Crippen LogP contribution in [0.1, 0.15) is 45.1 Å². The third-order valence-corrected chi connectivity index (χ3v) is 7.08. The molecule has 1 aromatic carbocycles. The fraction of sp³-hybridized carbons (Fsp3) is 0.667. The molecule has 0 aliphatic carbocycles. The lowest BCUT2D eigenvalue weighted by molar-refractivity contribution is -0.133. The summed E-state index contributed by atoms with van der Waals surface area (Å²) < 4.78 is 6.19. The average molecular weight is 448 g/mol. The molecule has 7 heteroatoms. The number of nitrogens with zero attached hydrogens (tertiary/aromatic N) is 2. The van der Waals surface area contributed by atoms with E-state index in [2.05, 4.69) is 16.3 Å². The van der Waals surface area contributed by atoms with Gasteiger partial charge in [0.2, 0.25) is 11.8 Å². The first-order valence-electron chi connectivity index (χ1n) is 11.6. The minimum Gasteiger partial charge on any atom is -0.376 e. The van der Waals surface area contributed by atoms with Crippen molar-refractivity contribution in [1.82, 2.24) is 15.1 Å². The molecule has 170 valence electrons. The molecule has 1 aromatic rings. The van der Waals surface area contributed by atoms with Crippen molar-refractivity contribution in [3.63, 3.8) is 0 Å². The van der Waals surface area contributed by atoms with Crippen molar-refractivity contribution in [1.29, 1.82) is 0 Å². The van der Waals surface area contributed by atoms with Crippen molar-refractivity contribution in [2.24, 2.45) is 11.8 Å². The highest BCUT2D eigenvalue weighted by atomic mass is 35.5. The first-order valence-corrected chi connectivity index (χ1v) is 12.0. The number of likely N-dealkylation sites (tertiary alicyclic amines) is 2. The van der Waals surface area contributed by atoms with E-state index in [1.165, 1.54) is 0 Å². The smallest absolute Gasteiger partial charge is 0.225 e. The van der Waals surface area contributed by atoms with Crippen LogP contribution in [0, 0.1) is 11.8 Å². The molecule has 3 fully saturated rings. The summed E-state index contributed by atoms with van der Waals surface area (Å²) in [6.07, 6.45) is 2.97. The fourth-order valence-corrected chi connectivity index (χ4v) is 5.76. The normalized spacial score (nSPS) is 28.3. The summed E-state index contributed by atoms with van der Waals surface area (Å²) in [4.78, 5) is 29.8. The number of halogens is 1. The summed E-state index contributed by atoms with van der Waals surface area (Å²) in [5, 5.41) is 3.77. The SMILES string of the molecule is CC(C)NC(=O)C[C@@H]1CN(Cc2cccc(Cl)c2)[C@@H]2CO[C@@H](CC(=O)N3CCCC3)[C@H]12. The maximum atomic E-state index is 12.8. The molecule has 0 bridgehead atoms. The van der Waals surface area contributed by atoms with Gasteiger partial charge >= 0.3 is 0 Å². The molecule has 31 heavy (non-hydrogen) atoms. The highest BCUT2D eigenvalue weighted by molar-refractivity contribution is 6.30. The van der Waals surface area contributed by atoms with E-state index in [0.717, 1.165) is 49.6 Å². The third-order valence-electron chi connectivity index (χ3n) is 6.84. The van der Waals surface area contributed by atoms with Gasteiger partial charge < -0.3 is 15.0 Å². The van der Waals surface area contributed by atoms with Crippen LogP contribution in [0.2, 0.25) is 5.02 Å². The van der Waals surface area contributed by atoms with Gasteiger partial charge in [-0.15, -0.1) is 0 Å². The second-order valence-electron chi connectivity index (χ2n) is 9.55. The zero-order chi connectivity index (χ0) is 22.0. The minimum atomic E-state index is -0.112. The monoisotopic (exact) mass is 447 g/mol. The number of benzene rings is 1. The second-order valence-corrected chi connectivity index (χ2v) is 9.99. The van der Waals surface area contributed by atoms with Crippen LogP contribution in [0.5, 0.6) is 0 Å². The summed E-state index contributed by atoms with van der Waals surface area (Å²) in [6.45, 7) is 7.92. The Bertz CT molecular complexity index is 796. The van der Waals surface area contributed by atoms with Crippen LogP contribution in [0.25, 0.3) is 0 Å². The third kappa shape index (κ3) is 5.41. The molecule has 4 rings (SSSR count). The standard InChI is InChI=1S/C24H34ClN3O3/c1-16(2)26-22(29)11-18-14-28(13-17-6-5-7-19(25)10-17)20-15-31-21(24(18)20)12-23(30)27-8-3-4-9-27/h5-7,10,16,18,20-21,24H,3-4,8-9,11-15H2,1-2H3,(H,26,29)/t18-,20-,21+,24-/m1/s1. The van der Waals surface area contributed by atoms with Crippen molar-refractivity contribution in [3.05, 3.63) is 34.9 Å². The quantitative estimate of drug-likeness (QED) is 0.697. The highest BCUT2D eigenvalue weighted by Crippen LogP contribution is 2.42. The molecule has 6 nitrogen and oxygen atoms in total. The number of hydrogen-bond donors (Lipinski definition) is 1. The van der Waals surface area contributed by atoms with Gasteiger partial charge in [-0.25, -0.2) is 0 Å². The van der Waals surface area contributed by atoms with Crippen LogP contribution in [0.3, 0.4) is 0 Å². The molecule has 0 radical (unpaired) electrons. The van der Waals surface area contributed by atoms with Crippen LogP contribution in [0.15, 0.2) is 24.3 Å². The van der Waals surface area contributed by atoms with Crippen molar-refractivity contribution in [3.8, 4) is 0 Å². The molecule has 0 unspecified atom stereocenters. The Morgan fingerprint density at radius 3 is 2.71 bits per heavy atom. The second kappa shape index (κ2) is 9.88. The van der Waals surface area contributed by atoms with E-state index in [1.807, 2.05) is 36.9 Å². The Kier molecular flexibility index (Phi) is 7.19. The number of rotatable bonds is 7. The van der Waals surface area contributed by atoms with Crippen molar-refractivity contribution >= 4 is 23.4 Å². The zero-order valence-corrected chi connectivity index (χ0v) is 19.3. The van der Waals surface area contributed by atoms with Crippen LogP contribution in [-0.4, -0.2) is 66.0 Å². The minimum absolute atomic E-state index is 0.0832. The first-order chi connectivity index (χ1) is 14.9. The lowest BCUT2D eigenvalue weighted by atomic mass is 9.84. The van der Waals surface area contributed by atoms with E-state index in [9.17, 15) is 9.59 Å². The molecule has 2 amide bonds. The highest BCUT2D eigenvalue weighted by Gasteiger charge is 2.51. The number of nitrogens with one attached hydrogen (secondary N) is 1. The Morgan fingerprint density at radius 1 is 1.23 bits per heavy atom. The molecule has 0 aromatic heterocycles. The number of carbonyl (C=O) groups is 2. The molecule has 3 saturated heterocycles. The molecule has 3 aliphatic rings. The van der Waals surface area contributed by atoms with Crippen molar-refractivity contribution in [2.45, 2.75) is 64.3 Å². The molecular formula is C24H34ClN3O3.